The van der Waals surface area contributed by atoms with Crippen molar-refractivity contribution in [3.8, 4) is 5.88 Å². The number of sulfonamides is 1. The van der Waals surface area contributed by atoms with Crippen molar-refractivity contribution in [3.05, 3.63) is 60.7 Å². The Balaban J connectivity index is 1.24. The summed E-state index contributed by atoms with van der Waals surface area (Å²) in [6, 6.07) is 14.6. The van der Waals surface area contributed by atoms with Crippen LogP contribution in [0.2, 0.25) is 0 Å². The van der Waals surface area contributed by atoms with Gasteiger partial charge in [-0.2, -0.15) is 0 Å². The van der Waals surface area contributed by atoms with Crippen LogP contribution >= 0.6 is 0 Å². The van der Waals surface area contributed by atoms with Crippen LogP contribution in [0.5, 0.6) is 5.88 Å². The first kappa shape index (κ1) is 38.9. The van der Waals surface area contributed by atoms with Crippen molar-refractivity contribution in [3.63, 3.8) is 0 Å². The monoisotopic (exact) mass is 771 g/mol. The number of ether oxygens (including phenoxy) is 2. The molecule has 11 nitrogen and oxygen atoms in total. The highest BCUT2D eigenvalue weighted by atomic mass is 32.2. The number of amides is 2. The first-order valence-corrected chi connectivity index (χ1v) is 21.3. The predicted molar refractivity (Wildman–Crippen MR) is 209 cm³/mol. The molecule has 0 unspecified atom stereocenters. The Bertz CT molecular complexity index is 2140. The number of allylic oxidation sites excluding steroid dienone is 2. The van der Waals surface area contributed by atoms with Gasteiger partial charge in [0.25, 0.3) is 0 Å². The van der Waals surface area contributed by atoms with Crippen molar-refractivity contribution in [2.45, 2.75) is 115 Å². The maximum atomic E-state index is 14.9. The molecular weight excluding hydrogens is 719 g/mol. The fourth-order valence-electron chi connectivity index (χ4n) is 8.67. The van der Waals surface area contributed by atoms with Gasteiger partial charge >= 0.3 is 5.97 Å². The number of aromatic nitrogens is 1. The molecule has 294 valence electrons. The Labute approximate surface area is 323 Å². The molecule has 2 aliphatic carbocycles. The molecule has 7 atom stereocenters. The highest BCUT2D eigenvalue weighted by Crippen LogP contribution is 2.57. The second-order valence-corrected chi connectivity index (χ2v) is 19.4. The fraction of sp³-hybridized carbons (Fsp3) is 0.558. The third-order valence-corrected chi connectivity index (χ3v) is 13.6. The van der Waals surface area contributed by atoms with Crippen molar-refractivity contribution in [1.29, 1.82) is 0 Å². The molecule has 12 heteroatoms. The molecule has 2 amide bonds. The first-order valence-electron chi connectivity index (χ1n) is 19.8. The number of hydrogen-bond acceptors (Lipinski definition) is 9. The zero-order valence-electron chi connectivity index (χ0n) is 32.5. The normalized spacial score (nSPS) is 29.8. The van der Waals surface area contributed by atoms with Crippen LogP contribution in [0, 0.1) is 29.1 Å². The number of Topliss-reactive ketones (excluding diaryl/α,β-unsaturated/α-hetero) is 1. The number of carbonyl (C=O) groups is 4. The number of nitrogens with zero attached hydrogens (tertiary/aromatic N) is 2. The quantitative estimate of drug-likeness (QED) is 0.158. The molecular formula is C43H53N3O8S. The number of esters is 1. The number of carbonyl (C=O) groups excluding carboxylic acids is 4. The van der Waals surface area contributed by atoms with Crippen LogP contribution in [-0.2, 0) is 33.9 Å². The van der Waals surface area contributed by atoms with Gasteiger partial charge < -0.3 is 14.4 Å². The summed E-state index contributed by atoms with van der Waals surface area (Å²) in [6.45, 7) is 9.55. The lowest BCUT2D eigenvalue weighted by atomic mass is 9.82. The first-order chi connectivity index (χ1) is 26.0. The number of rotatable bonds is 7. The molecule has 55 heavy (non-hydrogen) atoms. The molecule has 0 radical (unpaired) electrons. The zero-order chi connectivity index (χ0) is 39.3. The number of ketones is 1. The SMILES string of the molecule is C[C@H]1CC/C=C\[C@@H]2C[C@@]2(C(=O)NS(=O)(=O)C2CC2)CC(=O)[C@@H]2C[C@@H](Oc3nc4ccccc4c4ccccc34)CN2C(=O)[C@@H](CC(=O)OC(C)(C)C)[C@H](C)C1. The van der Waals surface area contributed by atoms with Crippen LogP contribution in [0.3, 0.4) is 0 Å². The van der Waals surface area contributed by atoms with E-state index < -0.39 is 56.2 Å². The van der Waals surface area contributed by atoms with E-state index in [2.05, 4.69) is 11.6 Å². The number of fused-ring (bicyclic) bond motifs is 5. The fourth-order valence-corrected chi connectivity index (χ4v) is 10.1. The molecule has 0 spiro atoms. The van der Waals surface area contributed by atoms with Gasteiger partial charge in [0.05, 0.1) is 41.1 Å². The van der Waals surface area contributed by atoms with Crippen molar-refractivity contribution < 1.29 is 37.1 Å². The third kappa shape index (κ3) is 8.44. The summed E-state index contributed by atoms with van der Waals surface area (Å²) in [5.74, 6) is -2.48. The Morgan fingerprint density at radius 3 is 2.36 bits per heavy atom. The van der Waals surface area contributed by atoms with Crippen LogP contribution in [0.4, 0.5) is 0 Å². The van der Waals surface area contributed by atoms with Gasteiger partial charge in [0, 0.05) is 23.6 Å². The molecule has 3 fully saturated rings. The van der Waals surface area contributed by atoms with Gasteiger partial charge in [-0.05, 0) is 94.6 Å². The van der Waals surface area contributed by atoms with Crippen molar-refractivity contribution >= 4 is 55.3 Å². The molecule has 1 aromatic heterocycles. The molecule has 2 aromatic carbocycles. The summed E-state index contributed by atoms with van der Waals surface area (Å²) in [5.41, 5.74) is -1.24. The van der Waals surface area contributed by atoms with Gasteiger partial charge in [0.2, 0.25) is 27.7 Å². The van der Waals surface area contributed by atoms with E-state index in [4.69, 9.17) is 14.5 Å². The highest BCUT2D eigenvalue weighted by Gasteiger charge is 2.61. The average molecular weight is 772 g/mol. The number of nitrogens with one attached hydrogen (secondary N) is 1. The van der Waals surface area contributed by atoms with Crippen molar-refractivity contribution in [2.24, 2.45) is 29.1 Å². The van der Waals surface area contributed by atoms with Gasteiger partial charge in [0.15, 0.2) is 5.78 Å². The topological polar surface area (TPSA) is 149 Å². The van der Waals surface area contributed by atoms with Crippen LogP contribution in [0.25, 0.3) is 21.7 Å². The Hall–Kier alpha value is -4.32. The van der Waals surface area contributed by atoms with Gasteiger partial charge in [-0.25, -0.2) is 13.4 Å². The summed E-state index contributed by atoms with van der Waals surface area (Å²) in [6.07, 6.45) is 6.71. The Morgan fingerprint density at radius 1 is 0.964 bits per heavy atom. The summed E-state index contributed by atoms with van der Waals surface area (Å²) in [5, 5.41) is 2.15. The van der Waals surface area contributed by atoms with E-state index in [0.29, 0.717) is 31.6 Å². The van der Waals surface area contributed by atoms with E-state index in [-0.39, 0.29) is 55.3 Å². The van der Waals surface area contributed by atoms with Crippen molar-refractivity contribution in [1.82, 2.24) is 14.6 Å². The van der Waals surface area contributed by atoms with E-state index in [1.54, 1.807) is 25.7 Å². The maximum Gasteiger partial charge on any atom is 0.307 e. The molecule has 1 saturated heterocycles. The molecule has 2 aliphatic heterocycles. The van der Waals surface area contributed by atoms with Crippen LogP contribution in [0.15, 0.2) is 60.7 Å². The molecule has 1 N–H and O–H groups in total. The molecule has 4 aliphatic rings. The predicted octanol–water partition coefficient (Wildman–Crippen LogP) is 6.67. The zero-order valence-corrected chi connectivity index (χ0v) is 33.3. The third-order valence-electron chi connectivity index (χ3n) is 11.8. The minimum atomic E-state index is -3.85. The molecule has 3 heterocycles. The lowest BCUT2D eigenvalue weighted by Gasteiger charge is -2.32. The van der Waals surface area contributed by atoms with E-state index in [1.807, 2.05) is 67.6 Å². The maximum absolute atomic E-state index is 14.9. The van der Waals surface area contributed by atoms with Crippen LogP contribution in [-0.4, -0.2) is 71.4 Å². The number of benzene rings is 2. The number of pyridine rings is 1. The van der Waals surface area contributed by atoms with Gasteiger partial charge in [-0.15, -0.1) is 0 Å². The second-order valence-electron chi connectivity index (χ2n) is 17.5. The molecule has 0 bridgehead atoms. The van der Waals surface area contributed by atoms with Crippen molar-refractivity contribution in [2.75, 3.05) is 6.54 Å². The largest absolute Gasteiger partial charge is 0.472 e. The highest BCUT2D eigenvalue weighted by molar-refractivity contribution is 7.90. The smallest absolute Gasteiger partial charge is 0.307 e. The second kappa shape index (κ2) is 15.0. The molecule has 7 rings (SSSR count). The summed E-state index contributed by atoms with van der Waals surface area (Å²) in [7, 11) is -3.85. The minimum absolute atomic E-state index is 0.0732. The Kier molecular flexibility index (Phi) is 10.6. The van der Waals surface area contributed by atoms with E-state index in [9.17, 15) is 27.6 Å². The van der Waals surface area contributed by atoms with Crippen LogP contribution < -0.4 is 9.46 Å². The Morgan fingerprint density at radius 2 is 1.65 bits per heavy atom. The standard InChI is InChI=1S/C43H53N3O8S/c1-26-12-6-7-13-28-23-43(28,41(50)45-55(51,52)30-18-19-30)24-37(47)36-21-29(25-46(36)40(49)34(27(2)20-26)22-38(48)54-42(3,4)5)53-39-33-16-9-8-14-31(33)32-15-10-11-17-35(32)44-39/h7-11,13-17,26-30,34,36H,6,12,18-25H2,1-5H3,(H,45,50)/b13-7-/t26-,27+,28+,29+,34-,36-,43+/m0/s1. The van der Waals surface area contributed by atoms with Gasteiger partial charge in [-0.3, -0.25) is 23.9 Å². The van der Waals surface area contributed by atoms with E-state index in [0.717, 1.165) is 34.5 Å². The lowest BCUT2D eigenvalue weighted by molar-refractivity contribution is -0.160. The van der Waals surface area contributed by atoms with E-state index >= 15 is 0 Å². The lowest BCUT2D eigenvalue weighted by Crippen LogP contribution is -2.47. The summed E-state index contributed by atoms with van der Waals surface area (Å²) < 4.78 is 40.5. The summed E-state index contributed by atoms with van der Waals surface area (Å²) in [4.78, 5) is 63.2. The van der Waals surface area contributed by atoms with Gasteiger partial charge in [0.1, 0.15) is 11.7 Å². The average Bonchev–Trinajstić information content (AvgIpc) is 4.05. The van der Waals surface area contributed by atoms with Gasteiger partial charge in [-0.1, -0.05) is 62.4 Å². The molecule has 3 aromatic rings. The summed E-state index contributed by atoms with van der Waals surface area (Å²) >= 11 is 0. The molecule has 2 saturated carbocycles. The number of para-hydroxylation sites is 1. The minimum Gasteiger partial charge on any atom is -0.472 e. The van der Waals surface area contributed by atoms with E-state index in [1.165, 1.54) is 0 Å². The van der Waals surface area contributed by atoms with Crippen LogP contribution in [0.1, 0.15) is 92.4 Å². The number of hydrogen-bond donors (Lipinski definition) is 1.